The van der Waals surface area contributed by atoms with Crippen molar-refractivity contribution in [3.8, 4) is 6.07 Å². The van der Waals surface area contributed by atoms with Gasteiger partial charge in [0.2, 0.25) is 0 Å². The summed E-state index contributed by atoms with van der Waals surface area (Å²) in [4.78, 5) is 11.2. The fourth-order valence-electron chi connectivity index (χ4n) is 1.13. The minimum atomic E-state index is -4.48. The molecule has 0 saturated carbocycles. The van der Waals surface area contributed by atoms with Crippen LogP contribution in [0.1, 0.15) is 15.9 Å². The van der Waals surface area contributed by atoms with E-state index in [-0.39, 0.29) is 31.4 Å². The van der Waals surface area contributed by atoms with Crippen LogP contribution in [0.2, 0.25) is 0 Å². The molecule has 1 rings (SSSR count). The maximum atomic E-state index is 12.3. The number of rotatable bonds is 2. The van der Waals surface area contributed by atoms with Gasteiger partial charge >= 0.3 is 11.5 Å². The van der Waals surface area contributed by atoms with E-state index >= 15 is 0 Å². The van der Waals surface area contributed by atoms with E-state index in [4.69, 9.17) is 5.26 Å². The number of nitriles is 1. The molecule has 0 unspecified atom stereocenters. The fraction of sp³-hybridized carbons (Fsp3) is 0.200. The van der Waals surface area contributed by atoms with Gasteiger partial charge in [-0.2, -0.15) is 18.4 Å². The highest BCUT2D eigenvalue weighted by Gasteiger charge is 2.30. The third-order valence-electron chi connectivity index (χ3n) is 1.81. The van der Waals surface area contributed by atoms with E-state index < -0.39 is 11.5 Å². The van der Waals surface area contributed by atoms with Crippen molar-refractivity contribution in [2.24, 2.45) is 0 Å². The lowest BCUT2D eigenvalue weighted by Gasteiger charge is -2.09. The van der Waals surface area contributed by atoms with E-state index in [1.807, 2.05) is 0 Å². The minimum Gasteiger partial charge on any atom is -0.465 e. The molecule has 3 nitrogen and oxygen atoms in total. The summed E-state index contributed by atoms with van der Waals surface area (Å²) in [6, 6.07) is 3.90. The van der Waals surface area contributed by atoms with Crippen molar-refractivity contribution < 1.29 is 22.7 Å². The van der Waals surface area contributed by atoms with Gasteiger partial charge in [-0.05, 0) is 46.5 Å². The number of halogens is 4. The Morgan fingerprint density at radius 2 is 2.11 bits per heavy atom. The van der Waals surface area contributed by atoms with Gasteiger partial charge in [-0.25, -0.2) is 4.79 Å². The second-order valence-corrected chi connectivity index (χ2v) is 5.20. The lowest BCUT2D eigenvalue weighted by atomic mass is 10.1. The van der Waals surface area contributed by atoms with Gasteiger partial charge in [-0.15, -0.1) is 0 Å². The summed E-state index contributed by atoms with van der Waals surface area (Å²) in [6.07, 6.45) is 0. The van der Waals surface area contributed by atoms with Crippen LogP contribution >= 0.6 is 34.4 Å². The van der Waals surface area contributed by atoms with Crippen LogP contribution in [0.15, 0.2) is 17.0 Å². The summed E-state index contributed by atoms with van der Waals surface area (Å²) in [5, 5.41) is 8.82. The van der Waals surface area contributed by atoms with E-state index in [0.29, 0.717) is 0 Å². The Kier molecular flexibility index (Phi) is 4.86. The highest BCUT2D eigenvalue weighted by atomic mass is 127. The summed E-state index contributed by atoms with van der Waals surface area (Å²) >= 11 is 1.34. The molecule has 0 spiro atoms. The van der Waals surface area contributed by atoms with Crippen molar-refractivity contribution in [2.75, 3.05) is 7.11 Å². The van der Waals surface area contributed by atoms with Crippen LogP contribution in [-0.2, 0) is 4.74 Å². The number of ether oxygens (including phenoxy) is 1. The smallest absolute Gasteiger partial charge is 0.446 e. The lowest BCUT2D eigenvalue weighted by Crippen LogP contribution is -2.07. The van der Waals surface area contributed by atoms with Crippen molar-refractivity contribution in [3.63, 3.8) is 0 Å². The molecule has 1 aromatic rings. The molecule has 8 heteroatoms. The van der Waals surface area contributed by atoms with Crippen LogP contribution < -0.4 is 0 Å². The first-order valence-electron chi connectivity index (χ1n) is 4.36. The Morgan fingerprint density at radius 1 is 1.50 bits per heavy atom. The van der Waals surface area contributed by atoms with Gasteiger partial charge in [0.15, 0.2) is 0 Å². The molecule has 0 aliphatic carbocycles. The Hall–Kier alpha value is -0.950. The number of carbonyl (C=O) groups excluding carboxylic acids is 1. The second-order valence-electron chi connectivity index (χ2n) is 2.98. The number of hydrogen-bond acceptors (Lipinski definition) is 4. The molecule has 0 aliphatic heterocycles. The largest absolute Gasteiger partial charge is 0.465 e. The molecule has 0 bridgehead atoms. The first kappa shape index (κ1) is 15.1. The number of esters is 1. The molecular weight excluding hydrogens is 382 g/mol. The normalized spacial score (nSPS) is 10.9. The predicted molar refractivity (Wildman–Crippen MR) is 67.1 cm³/mol. The van der Waals surface area contributed by atoms with E-state index in [1.165, 1.54) is 0 Å². The summed E-state index contributed by atoms with van der Waals surface area (Å²) in [5.41, 5.74) is -4.53. The van der Waals surface area contributed by atoms with Gasteiger partial charge < -0.3 is 4.74 Å². The van der Waals surface area contributed by atoms with Crippen LogP contribution in [0.25, 0.3) is 0 Å². The number of alkyl halides is 3. The van der Waals surface area contributed by atoms with Crippen molar-refractivity contribution >= 4 is 40.3 Å². The minimum absolute atomic E-state index is 0.00486. The van der Waals surface area contributed by atoms with Crippen LogP contribution in [0.3, 0.4) is 0 Å². The van der Waals surface area contributed by atoms with Gasteiger partial charge in [-0.1, -0.05) is 0 Å². The van der Waals surface area contributed by atoms with Crippen LogP contribution in [0, 0.1) is 14.9 Å². The van der Waals surface area contributed by atoms with E-state index in [9.17, 15) is 18.0 Å². The molecule has 18 heavy (non-hydrogen) atoms. The average molecular weight is 387 g/mol. The maximum Gasteiger partial charge on any atom is 0.446 e. The summed E-state index contributed by atoms with van der Waals surface area (Å²) in [6.45, 7) is 0. The molecule has 0 aliphatic rings. The van der Waals surface area contributed by atoms with Crippen LogP contribution in [0.4, 0.5) is 13.2 Å². The van der Waals surface area contributed by atoms with E-state index in [0.717, 1.165) is 19.2 Å². The number of hydrogen-bond donors (Lipinski definition) is 0. The Morgan fingerprint density at radius 3 is 2.56 bits per heavy atom. The standard InChI is InChI=1S/C10H5F3INO2S/c1-17-9(16)7-3-6(18-10(11,12)13)2-5(4-15)8(7)14/h2-3H,1H3. The van der Waals surface area contributed by atoms with E-state index in [2.05, 4.69) is 4.74 Å². The molecule has 0 amide bonds. The van der Waals surface area contributed by atoms with Crippen molar-refractivity contribution in [2.45, 2.75) is 10.4 Å². The number of methoxy groups -OCH3 is 1. The average Bonchev–Trinajstić information content (AvgIpc) is 2.28. The van der Waals surface area contributed by atoms with Gasteiger partial charge in [0.25, 0.3) is 0 Å². The third-order valence-corrected chi connectivity index (χ3v) is 3.67. The molecule has 96 valence electrons. The third kappa shape index (κ3) is 3.78. The highest BCUT2D eigenvalue weighted by Crippen LogP contribution is 2.38. The summed E-state index contributed by atoms with van der Waals surface area (Å²) in [7, 11) is 1.12. The summed E-state index contributed by atoms with van der Waals surface area (Å²) < 4.78 is 41.5. The van der Waals surface area contributed by atoms with Crippen molar-refractivity contribution in [1.82, 2.24) is 0 Å². The van der Waals surface area contributed by atoms with Gasteiger partial charge in [-0.3, -0.25) is 0 Å². The number of carbonyl (C=O) groups is 1. The molecular formula is C10H5F3INO2S. The highest BCUT2D eigenvalue weighted by molar-refractivity contribution is 14.1. The molecule has 0 N–H and O–H groups in total. The topological polar surface area (TPSA) is 50.1 Å². The summed E-state index contributed by atoms with van der Waals surface area (Å²) in [5.74, 6) is -0.777. The van der Waals surface area contributed by atoms with E-state index in [1.54, 1.807) is 28.7 Å². The quantitative estimate of drug-likeness (QED) is 0.443. The van der Waals surface area contributed by atoms with Gasteiger partial charge in [0, 0.05) is 8.47 Å². The zero-order valence-corrected chi connectivity index (χ0v) is 11.8. The fourth-order valence-corrected chi connectivity index (χ4v) is 2.40. The molecule has 0 fully saturated rings. The van der Waals surface area contributed by atoms with Crippen LogP contribution in [0.5, 0.6) is 0 Å². The van der Waals surface area contributed by atoms with Crippen LogP contribution in [-0.4, -0.2) is 18.6 Å². The molecule has 0 atom stereocenters. The van der Waals surface area contributed by atoms with Gasteiger partial charge in [0.05, 0.1) is 18.2 Å². The Bertz CT molecular complexity index is 525. The molecule has 0 heterocycles. The van der Waals surface area contributed by atoms with Crippen molar-refractivity contribution in [1.29, 1.82) is 5.26 Å². The number of benzene rings is 1. The molecule has 0 aromatic heterocycles. The zero-order chi connectivity index (χ0) is 13.9. The molecule has 0 radical (unpaired) electrons. The monoisotopic (exact) mass is 387 g/mol. The number of nitrogens with zero attached hydrogens (tertiary/aromatic N) is 1. The lowest BCUT2D eigenvalue weighted by molar-refractivity contribution is -0.0328. The molecule has 0 saturated heterocycles. The molecule has 1 aromatic carbocycles. The first-order valence-corrected chi connectivity index (χ1v) is 6.25. The van der Waals surface area contributed by atoms with Crippen molar-refractivity contribution in [3.05, 3.63) is 26.8 Å². The number of thioether (sulfide) groups is 1. The predicted octanol–water partition coefficient (Wildman–Crippen LogP) is 3.56. The second kappa shape index (κ2) is 5.79. The maximum absolute atomic E-state index is 12.3. The van der Waals surface area contributed by atoms with Gasteiger partial charge in [0.1, 0.15) is 6.07 Å². The SMILES string of the molecule is COC(=O)c1cc(SC(F)(F)F)cc(C#N)c1I. The zero-order valence-electron chi connectivity index (χ0n) is 8.84. The Balaban J connectivity index is 3.32. The Labute approximate surface area is 118 Å². The first-order chi connectivity index (χ1) is 8.28.